The van der Waals surface area contributed by atoms with E-state index in [0.717, 1.165) is 18.5 Å². The normalized spacial score (nSPS) is 19.2. The van der Waals surface area contributed by atoms with Gasteiger partial charge in [-0.05, 0) is 48.7 Å². The Labute approximate surface area is 210 Å². The molecule has 1 saturated heterocycles. The molecule has 5 nitrogen and oxygen atoms in total. The highest BCUT2D eigenvalue weighted by Gasteiger charge is 2.38. The number of aryl methyl sites for hydroxylation is 1. The third-order valence-corrected chi connectivity index (χ3v) is 5.92. The van der Waals surface area contributed by atoms with Gasteiger partial charge >= 0.3 is 12.4 Å². The Morgan fingerprint density at radius 3 is 2.17 bits per heavy atom. The maximum absolute atomic E-state index is 13.2. The molecule has 0 saturated carbocycles. The van der Waals surface area contributed by atoms with Crippen LogP contribution in [0.5, 0.6) is 0 Å². The number of alkyl halides is 6. The molecule has 0 bridgehead atoms. The Bertz CT molecular complexity index is 1100. The summed E-state index contributed by atoms with van der Waals surface area (Å²) >= 11 is 0. The summed E-state index contributed by atoms with van der Waals surface area (Å²) < 4.78 is 87.1. The molecular weight excluding hydrogens is 510 g/mol. The van der Waals surface area contributed by atoms with Gasteiger partial charge < -0.3 is 4.74 Å². The van der Waals surface area contributed by atoms with Crippen molar-refractivity contribution < 1.29 is 31.1 Å². The lowest BCUT2D eigenvalue weighted by Crippen LogP contribution is -2.42. The molecule has 2 aromatic carbocycles. The third kappa shape index (κ3) is 6.77. The molecular formula is C24H25ClF6N4O. The molecule has 196 valence electrons. The van der Waals surface area contributed by atoms with Gasteiger partial charge in [0.05, 0.1) is 36.4 Å². The van der Waals surface area contributed by atoms with Gasteiger partial charge in [0.15, 0.2) is 5.82 Å². The standard InChI is InChI=1S/C24H24F6N4O.ClH/c1-33-15-31-21(32-33)13-34-9-5-8-20(22(34)17-6-3-2-4-7-17)35-14-16-10-18(23(25,26)27)12-19(11-16)24(28,29)30;/h2-4,6-7,10-12,15,20,22H,5,8-9,13-14H2,1H3;1H. The molecule has 1 aliphatic heterocycles. The topological polar surface area (TPSA) is 43.2 Å². The minimum Gasteiger partial charge on any atom is -0.372 e. The van der Waals surface area contributed by atoms with Crippen molar-refractivity contribution in [3.63, 3.8) is 0 Å². The van der Waals surface area contributed by atoms with E-state index in [2.05, 4.69) is 15.0 Å². The largest absolute Gasteiger partial charge is 0.416 e. The van der Waals surface area contributed by atoms with E-state index in [-0.39, 0.29) is 36.7 Å². The quantitative estimate of drug-likeness (QED) is 0.353. The number of hydrogen-bond donors (Lipinski definition) is 0. The molecule has 0 radical (unpaired) electrons. The summed E-state index contributed by atoms with van der Waals surface area (Å²) in [7, 11) is 1.76. The van der Waals surface area contributed by atoms with Gasteiger partial charge in [0, 0.05) is 7.05 Å². The van der Waals surface area contributed by atoms with Crippen LogP contribution in [-0.4, -0.2) is 32.3 Å². The first-order valence-electron chi connectivity index (χ1n) is 11.0. The van der Waals surface area contributed by atoms with Crippen LogP contribution >= 0.6 is 12.4 Å². The van der Waals surface area contributed by atoms with E-state index in [1.54, 1.807) is 18.1 Å². The van der Waals surface area contributed by atoms with Gasteiger partial charge in [0.2, 0.25) is 0 Å². The minimum absolute atomic E-state index is 0. The van der Waals surface area contributed by atoms with Crippen molar-refractivity contribution in [2.75, 3.05) is 6.54 Å². The zero-order valence-electron chi connectivity index (χ0n) is 19.3. The summed E-state index contributed by atoms with van der Waals surface area (Å²) in [6.45, 7) is 0.776. The molecule has 0 N–H and O–H groups in total. The van der Waals surface area contributed by atoms with Gasteiger partial charge in [-0.15, -0.1) is 12.4 Å². The molecule has 0 aliphatic carbocycles. The van der Waals surface area contributed by atoms with Gasteiger partial charge in [0.25, 0.3) is 0 Å². The maximum atomic E-state index is 13.2. The summed E-state index contributed by atoms with van der Waals surface area (Å²) in [5, 5.41) is 4.33. The monoisotopic (exact) mass is 534 g/mol. The molecule has 1 aromatic heterocycles. The van der Waals surface area contributed by atoms with E-state index in [1.165, 1.54) is 0 Å². The van der Waals surface area contributed by atoms with E-state index in [1.807, 2.05) is 30.3 Å². The Kier molecular flexibility index (Phi) is 8.68. The fraction of sp³-hybridized carbons (Fsp3) is 0.417. The van der Waals surface area contributed by atoms with Crippen molar-refractivity contribution in [2.45, 2.75) is 50.5 Å². The molecule has 2 unspecified atom stereocenters. The van der Waals surface area contributed by atoms with Crippen molar-refractivity contribution in [2.24, 2.45) is 7.05 Å². The molecule has 12 heteroatoms. The zero-order chi connectivity index (χ0) is 25.2. The number of likely N-dealkylation sites (tertiary alicyclic amines) is 1. The molecule has 2 atom stereocenters. The van der Waals surface area contributed by atoms with Crippen LogP contribution in [0, 0.1) is 0 Å². The van der Waals surface area contributed by atoms with Crippen molar-refractivity contribution in [3.8, 4) is 0 Å². The van der Waals surface area contributed by atoms with Crippen LogP contribution < -0.4 is 0 Å². The van der Waals surface area contributed by atoms with Gasteiger partial charge in [0.1, 0.15) is 6.33 Å². The maximum Gasteiger partial charge on any atom is 0.416 e. The molecule has 1 fully saturated rings. The van der Waals surface area contributed by atoms with Crippen LogP contribution in [-0.2, 0) is 37.3 Å². The van der Waals surface area contributed by atoms with Crippen LogP contribution in [0.2, 0.25) is 0 Å². The Hall–Kier alpha value is -2.63. The molecule has 4 rings (SSSR count). The van der Waals surface area contributed by atoms with Crippen molar-refractivity contribution >= 4 is 12.4 Å². The summed E-state index contributed by atoms with van der Waals surface area (Å²) in [5.41, 5.74) is -1.94. The highest BCUT2D eigenvalue weighted by Crippen LogP contribution is 2.38. The van der Waals surface area contributed by atoms with Crippen molar-refractivity contribution in [1.29, 1.82) is 0 Å². The van der Waals surface area contributed by atoms with Crippen molar-refractivity contribution in [3.05, 3.63) is 82.9 Å². The second kappa shape index (κ2) is 11.2. The summed E-state index contributed by atoms with van der Waals surface area (Å²) in [6.07, 6.45) is -7.30. The lowest BCUT2D eigenvalue weighted by Gasteiger charge is -2.41. The molecule has 0 amide bonds. The number of piperidine rings is 1. The molecule has 0 spiro atoms. The molecule has 2 heterocycles. The zero-order valence-corrected chi connectivity index (χ0v) is 20.1. The van der Waals surface area contributed by atoms with E-state index in [4.69, 9.17) is 4.74 Å². The third-order valence-electron chi connectivity index (χ3n) is 5.92. The second-order valence-electron chi connectivity index (χ2n) is 8.57. The van der Waals surface area contributed by atoms with Gasteiger partial charge in [-0.2, -0.15) is 31.4 Å². The van der Waals surface area contributed by atoms with E-state index in [0.29, 0.717) is 30.9 Å². The number of benzene rings is 2. The average Bonchev–Trinajstić information content (AvgIpc) is 3.21. The Morgan fingerprint density at radius 2 is 1.61 bits per heavy atom. The molecule has 3 aromatic rings. The first kappa shape index (κ1) is 27.9. The molecule has 36 heavy (non-hydrogen) atoms. The number of aromatic nitrogens is 3. The van der Waals surface area contributed by atoms with E-state index in [9.17, 15) is 26.3 Å². The van der Waals surface area contributed by atoms with Gasteiger partial charge in [-0.25, -0.2) is 4.98 Å². The fourth-order valence-corrected chi connectivity index (χ4v) is 4.40. The first-order valence-corrected chi connectivity index (χ1v) is 11.0. The predicted molar refractivity (Wildman–Crippen MR) is 122 cm³/mol. The van der Waals surface area contributed by atoms with Crippen LogP contribution in [0.3, 0.4) is 0 Å². The summed E-state index contributed by atoms with van der Waals surface area (Å²) in [4.78, 5) is 6.41. The molecule has 1 aliphatic rings. The van der Waals surface area contributed by atoms with Crippen LogP contribution in [0.4, 0.5) is 26.3 Å². The average molecular weight is 535 g/mol. The van der Waals surface area contributed by atoms with Crippen LogP contribution in [0.15, 0.2) is 54.9 Å². The number of hydrogen-bond acceptors (Lipinski definition) is 4. The second-order valence-corrected chi connectivity index (χ2v) is 8.57. The first-order chi connectivity index (χ1) is 16.5. The van der Waals surface area contributed by atoms with Crippen molar-refractivity contribution in [1.82, 2.24) is 19.7 Å². The minimum atomic E-state index is -4.90. The van der Waals surface area contributed by atoms with E-state index >= 15 is 0 Å². The summed E-state index contributed by atoms with van der Waals surface area (Å²) in [6, 6.07) is 10.8. The van der Waals surface area contributed by atoms with Gasteiger partial charge in [-0.3, -0.25) is 9.58 Å². The lowest BCUT2D eigenvalue weighted by molar-refractivity contribution is -0.143. The number of rotatable bonds is 6. The Morgan fingerprint density at radius 1 is 0.972 bits per heavy atom. The van der Waals surface area contributed by atoms with Gasteiger partial charge in [-0.1, -0.05) is 30.3 Å². The number of nitrogens with zero attached hydrogens (tertiary/aromatic N) is 4. The lowest BCUT2D eigenvalue weighted by atomic mass is 9.92. The number of ether oxygens (including phenoxy) is 1. The Balaban J connectivity index is 0.00000361. The highest BCUT2D eigenvalue weighted by molar-refractivity contribution is 5.85. The smallest absolute Gasteiger partial charge is 0.372 e. The van der Waals surface area contributed by atoms with Crippen LogP contribution in [0.25, 0.3) is 0 Å². The van der Waals surface area contributed by atoms with E-state index < -0.39 is 29.6 Å². The fourth-order valence-electron chi connectivity index (χ4n) is 4.40. The highest BCUT2D eigenvalue weighted by atomic mass is 35.5. The predicted octanol–water partition coefficient (Wildman–Crippen LogP) is 6.20. The SMILES string of the molecule is Cl.Cn1cnc(CN2CCCC(OCc3cc(C(F)(F)F)cc(C(F)(F)F)c3)C2c2ccccc2)n1. The summed E-state index contributed by atoms with van der Waals surface area (Å²) in [5.74, 6) is 0.613. The number of halogens is 7. The van der Waals surface area contributed by atoms with Crippen LogP contribution in [0.1, 0.15) is 47.0 Å².